The van der Waals surface area contributed by atoms with Crippen molar-refractivity contribution in [1.29, 1.82) is 0 Å². The summed E-state index contributed by atoms with van der Waals surface area (Å²) in [5, 5.41) is 0. The van der Waals surface area contributed by atoms with Crippen LogP contribution in [0.1, 0.15) is 53.4 Å². The summed E-state index contributed by atoms with van der Waals surface area (Å²) in [6, 6.07) is 0. The molecule has 82 valence electrons. The number of rotatable bonds is 7. The molecule has 0 bridgehead atoms. The zero-order valence-corrected chi connectivity index (χ0v) is 10.3. The van der Waals surface area contributed by atoms with Gasteiger partial charge in [0.25, 0.3) is 0 Å². The van der Waals surface area contributed by atoms with Crippen LogP contribution in [0.15, 0.2) is 24.3 Å². The van der Waals surface area contributed by atoms with Crippen LogP contribution in [0, 0.1) is 11.8 Å². The number of hydrogen-bond acceptors (Lipinski definition) is 0. The molecule has 0 aliphatic heterocycles. The maximum absolute atomic E-state index is 3.78. The Morgan fingerprint density at radius 1 is 1.36 bits per heavy atom. The van der Waals surface area contributed by atoms with E-state index in [0.717, 1.165) is 11.8 Å². The lowest BCUT2D eigenvalue weighted by molar-refractivity contribution is 0.352. The van der Waals surface area contributed by atoms with Crippen molar-refractivity contribution in [2.45, 2.75) is 53.4 Å². The SMILES string of the molecule is C=C/C(C)=C/C[C@@H](CCCC)C(C)C. The zero-order valence-electron chi connectivity index (χ0n) is 10.3. The van der Waals surface area contributed by atoms with E-state index < -0.39 is 0 Å². The maximum atomic E-state index is 3.78. The highest BCUT2D eigenvalue weighted by Gasteiger charge is 2.10. The summed E-state index contributed by atoms with van der Waals surface area (Å²) >= 11 is 0. The van der Waals surface area contributed by atoms with Gasteiger partial charge in [-0.1, -0.05) is 57.9 Å². The smallest absolute Gasteiger partial charge is 0.0314 e. The minimum atomic E-state index is 0.801. The highest BCUT2D eigenvalue weighted by Crippen LogP contribution is 2.22. The van der Waals surface area contributed by atoms with Gasteiger partial charge in [-0.05, 0) is 31.6 Å². The van der Waals surface area contributed by atoms with Crippen molar-refractivity contribution in [2.24, 2.45) is 11.8 Å². The molecule has 14 heavy (non-hydrogen) atoms. The monoisotopic (exact) mass is 194 g/mol. The van der Waals surface area contributed by atoms with Gasteiger partial charge in [0.2, 0.25) is 0 Å². The molecular formula is C14H26. The Bertz CT molecular complexity index is 174. The van der Waals surface area contributed by atoms with Crippen molar-refractivity contribution < 1.29 is 0 Å². The molecule has 0 aromatic heterocycles. The molecule has 0 amide bonds. The standard InChI is InChI=1S/C14H26/c1-6-8-9-14(12(3)4)11-10-13(5)7-2/h7,10,12,14H,2,6,8-9,11H2,1,3-5H3/b13-10+/t14-/m1/s1. The van der Waals surface area contributed by atoms with Gasteiger partial charge in [0, 0.05) is 0 Å². The summed E-state index contributed by atoms with van der Waals surface area (Å²) in [5.74, 6) is 1.65. The lowest BCUT2D eigenvalue weighted by Gasteiger charge is -2.19. The Morgan fingerprint density at radius 2 is 2.00 bits per heavy atom. The van der Waals surface area contributed by atoms with Gasteiger partial charge < -0.3 is 0 Å². The third-order valence-electron chi connectivity index (χ3n) is 2.94. The molecule has 0 aliphatic carbocycles. The predicted octanol–water partition coefficient (Wildman–Crippen LogP) is 4.97. The van der Waals surface area contributed by atoms with Crippen molar-refractivity contribution in [3.63, 3.8) is 0 Å². The third-order valence-corrected chi connectivity index (χ3v) is 2.94. The zero-order chi connectivity index (χ0) is 11.0. The molecule has 0 saturated carbocycles. The average Bonchev–Trinajstić information content (AvgIpc) is 2.16. The first-order chi connectivity index (χ1) is 6.61. The lowest BCUT2D eigenvalue weighted by atomic mass is 9.87. The van der Waals surface area contributed by atoms with Crippen LogP contribution in [0.25, 0.3) is 0 Å². The Hall–Kier alpha value is -0.520. The summed E-state index contributed by atoms with van der Waals surface area (Å²) in [6.45, 7) is 12.8. The van der Waals surface area contributed by atoms with Gasteiger partial charge >= 0.3 is 0 Å². The number of hydrogen-bond donors (Lipinski definition) is 0. The van der Waals surface area contributed by atoms with Crippen molar-refractivity contribution >= 4 is 0 Å². The van der Waals surface area contributed by atoms with E-state index in [1.54, 1.807) is 0 Å². The molecular weight excluding hydrogens is 168 g/mol. The molecule has 0 aromatic carbocycles. The molecule has 0 saturated heterocycles. The molecule has 0 heterocycles. The first-order valence-electron chi connectivity index (χ1n) is 5.91. The normalized spacial score (nSPS) is 14.5. The van der Waals surface area contributed by atoms with Crippen LogP contribution in [-0.2, 0) is 0 Å². The summed E-state index contributed by atoms with van der Waals surface area (Å²) in [6.07, 6.45) is 9.53. The van der Waals surface area contributed by atoms with E-state index in [1.165, 1.54) is 31.3 Å². The summed E-state index contributed by atoms with van der Waals surface area (Å²) in [4.78, 5) is 0. The minimum Gasteiger partial charge on any atom is -0.0988 e. The summed E-state index contributed by atoms with van der Waals surface area (Å²) < 4.78 is 0. The molecule has 0 aromatic rings. The molecule has 0 unspecified atom stereocenters. The Kier molecular flexibility index (Phi) is 7.55. The van der Waals surface area contributed by atoms with Crippen LogP contribution in [0.5, 0.6) is 0 Å². The Morgan fingerprint density at radius 3 is 2.43 bits per heavy atom. The first kappa shape index (κ1) is 13.5. The predicted molar refractivity (Wildman–Crippen MR) is 66.4 cm³/mol. The van der Waals surface area contributed by atoms with Gasteiger partial charge in [0.1, 0.15) is 0 Å². The summed E-state index contributed by atoms with van der Waals surface area (Å²) in [5.41, 5.74) is 1.31. The third kappa shape index (κ3) is 6.01. The van der Waals surface area contributed by atoms with Crippen molar-refractivity contribution in [3.8, 4) is 0 Å². The van der Waals surface area contributed by atoms with Crippen molar-refractivity contribution in [2.75, 3.05) is 0 Å². The Balaban J connectivity index is 4.02. The van der Waals surface area contributed by atoms with E-state index in [4.69, 9.17) is 0 Å². The highest BCUT2D eigenvalue weighted by atomic mass is 14.2. The number of unbranched alkanes of at least 4 members (excludes halogenated alkanes) is 1. The van der Waals surface area contributed by atoms with E-state index in [0.29, 0.717) is 0 Å². The van der Waals surface area contributed by atoms with Crippen LogP contribution >= 0.6 is 0 Å². The van der Waals surface area contributed by atoms with Crippen LogP contribution in [-0.4, -0.2) is 0 Å². The van der Waals surface area contributed by atoms with E-state index in [1.807, 2.05) is 6.08 Å². The van der Waals surface area contributed by atoms with Gasteiger partial charge in [-0.25, -0.2) is 0 Å². The summed E-state index contributed by atoms with van der Waals surface area (Å²) in [7, 11) is 0. The topological polar surface area (TPSA) is 0 Å². The van der Waals surface area contributed by atoms with Gasteiger partial charge in [0.05, 0.1) is 0 Å². The van der Waals surface area contributed by atoms with Gasteiger partial charge in [0.15, 0.2) is 0 Å². The van der Waals surface area contributed by atoms with Gasteiger partial charge in [-0.3, -0.25) is 0 Å². The van der Waals surface area contributed by atoms with Crippen LogP contribution in [0.4, 0.5) is 0 Å². The minimum absolute atomic E-state index is 0.801. The molecule has 0 spiro atoms. The molecule has 0 aliphatic rings. The fourth-order valence-corrected chi connectivity index (χ4v) is 1.61. The number of allylic oxidation sites excluding steroid dienone is 3. The lowest BCUT2D eigenvalue weighted by Crippen LogP contribution is -2.07. The van der Waals surface area contributed by atoms with Crippen molar-refractivity contribution in [1.82, 2.24) is 0 Å². The Labute approximate surface area is 90.1 Å². The van der Waals surface area contributed by atoms with E-state index in [9.17, 15) is 0 Å². The molecule has 1 atom stereocenters. The quantitative estimate of drug-likeness (QED) is 0.502. The van der Waals surface area contributed by atoms with Gasteiger partial charge in [-0.2, -0.15) is 0 Å². The van der Waals surface area contributed by atoms with Gasteiger partial charge in [-0.15, -0.1) is 0 Å². The molecule has 0 heteroatoms. The molecule has 0 radical (unpaired) electrons. The van der Waals surface area contributed by atoms with Crippen molar-refractivity contribution in [3.05, 3.63) is 24.3 Å². The molecule has 0 fully saturated rings. The van der Waals surface area contributed by atoms with Crippen LogP contribution < -0.4 is 0 Å². The second-order valence-electron chi connectivity index (χ2n) is 4.53. The molecule has 0 N–H and O–H groups in total. The van der Waals surface area contributed by atoms with E-state index in [2.05, 4.69) is 40.3 Å². The second kappa shape index (κ2) is 7.84. The molecule has 0 rings (SSSR count). The average molecular weight is 194 g/mol. The highest BCUT2D eigenvalue weighted by molar-refractivity contribution is 5.12. The molecule has 0 nitrogen and oxygen atoms in total. The van der Waals surface area contributed by atoms with Crippen LogP contribution in [0.3, 0.4) is 0 Å². The first-order valence-corrected chi connectivity index (χ1v) is 5.91. The van der Waals surface area contributed by atoms with Crippen LogP contribution in [0.2, 0.25) is 0 Å². The second-order valence-corrected chi connectivity index (χ2v) is 4.53. The van der Waals surface area contributed by atoms with E-state index >= 15 is 0 Å². The van der Waals surface area contributed by atoms with E-state index in [-0.39, 0.29) is 0 Å². The fourth-order valence-electron chi connectivity index (χ4n) is 1.61. The fraction of sp³-hybridized carbons (Fsp3) is 0.714. The maximum Gasteiger partial charge on any atom is -0.0314 e. The largest absolute Gasteiger partial charge is 0.0988 e.